The van der Waals surface area contributed by atoms with Crippen LogP contribution in [0.5, 0.6) is 0 Å². The van der Waals surface area contributed by atoms with Gasteiger partial charge >= 0.3 is 5.97 Å². The van der Waals surface area contributed by atoms with Crippen molar-refractivity contribution in [3.63, 3.8) is 0 Å². The first-order valence-electron chi connectivity index (χ1n) is 8.92. The lowest BCUT2D eigenvalue weighted by Gasteiger charge is -2.18. The summed E-state index contributed by atoms with van der Waals surface area (Å²) in [5.74, 6) is -2.35. The fraction of sp³-hybridized carbons (Fsp3) is 0.381. The number of aliphatic carboxylic acids is 1. The van der Waals surface area contributed by atoms with Gasteiger partial charge < -0.3 is 15.7 Å². The minimum absolute atomic E-state index is 0.00633. The van der Waals surface area contributed by atoms with E-state index < -0.39 is 23.2 Å². The summed E-state index contributed by atoms with van der Waals surface area (Å²) in [5, 5.41) is 16.7. The second-order valence-corrected chi connectivity index (χ2v) is 7.66. The quantitative estimate of drug-likeness (QED) is 0.697. The molecule has 3 N–H and O–H groups in total. The largest absolute Gasteiger partial charge is 0.481 e. The van der Waals surface area contributed by atoms with Crippen molar-refractivity contribution >= 4 is 28.6 Å². The van der Waals surface area contributed by atoms with Crippen LogP contribution in [0.1, 0.15) is 26.3 Å². The number of hydrogen-bond donors (Lipinski definition) is 3. The second kappa shape index (κ2) is 8.66. The van der Waals surface area contributed by atoms with Gasteiger partial charge in [0.1, 0.15) is 0 Å². The summed E-state index contributed by atoms with van der Waals surface area (Å²) in [6.45, 7) is 5.10. The molecule has 0 radical (unpaired) electrons. The van der Waals surface area contributed by atoms with Crippen LogP contribution >= 0.6 is 0 Å². The molecule has 2 aromatic carbocycles. The fourth-order valence-corrected chi connectivity index (χ4v) is 2.62. The first kappa shape index (κ1) is 20.4. The van der Waals surface area contributed by atoms with Crippen molar-refractivity contribution in [1.82, 2.24) is 10.6 Å². The van der Waals surface area contributed by atoms with E-state index in [1.807, 2.05) is 42.5 Å². The van der Waals surface area contributed by atoms with Crippen molar-refractivity contribution < 1.29 is 19.5 Å². The lowest BCUT2D eigenvalue weighted by molar-refractivity contribution is -0.141. The van der Waals surface area contributed by atoms with Crippen LogP contribution < -0.4 is 10.6 Å². The minimum Gasteiger partial charge on any atom is -0.481 e. The van der Waals surface area contributed by atoms with Gasteiger partial charge in [0, 0.05) is 12.0 Å². The maximum atomic E-state index is 11.9. The second-order valence-electron chi connectivity index (χ2n) is 7.66. The topological polar surface area (TPSA) is 95.5 Å². The number of hydrogen-bond acceptors (Lipinski definition) is 3. The standard InChI is InChI=1S/C21H26N2O4/c1-21(2,3)20(27)23-13-18(24)22-12-17(19(25)26)11-14-8-9-15-6-4-5-7-16(15)10-14/h4-10,17H,11-13H2,1-3H3,(H,22,24)(H,23,27)(H,25,26). The molecule has 1 unspecified atom stereocenters. The van der Waals surface area contributed by atoms with E-state index in [0.29, 0.717) is 6.42 Å². The number of carbonyl (C=O) groups is 3. The maximum absolute atomic E-state index is 11.9. The third-order valence-electron chi connectivity index (χ3n) is 4.28. The third-order valence-corrected chi connectivity index (χ3v) is 4.28. The van der Waals surface area contributed by atoms with Crippen LogP contribution in [0.25, 0.3) is 10.8 Å². The monoisotopic (exact) mass is 370 g/mol. The summed E-state index contributed by atoms with van der Waals surface area (Å²) in [6, 6.07) is 13.7. The molecule has 2 aromatic rings. The number of benzene rings is 2. The molecule has 144 valence electrons. The number of carboxylic acids is 1. The molecule has 0 aliphatic rings. The van der Waals surface area contributed by atoms with Crippen LogP contribution in [0, 0.1) is 11.3 Å². The molecule has 6 heteroatoms. The van der Waals surface area contributed by atoms with Gasteiger partial charge in [0.2, 0.25) is 11.8 Å². The van der Waals surface area contributed by atoms with Crippen molar-refractivity contribution in [2.75, 3.05) is 13.1 Å². The first-order chi connectivity index (χ1) is 12.7. The highest BCUT2D eigenvalue weighted by Crippen LogP contribution is 2.18. The van der Waals surface area contributed by atoms with Crippen LogP contribution in [-0.4, -0.2) is 36.0 Å². The molecule has 0 saturated heterocycles. The number of carboxylic acid groups (broad SMARTS) is 1. The van der Waals surface area contributed by atoms with E-state index >= 15 is 0 Å². The molecule has 0 saturated carbocycles. The van der Waals surface area contributed by atoms with Crippen LogP contribution in [0.4, 0.5) is 0 Å². The van der Waals surface area contributed by atoms with E-state index in [4.69, 9.17) is 0 Å². The number of carbonyl (C=O) groups excluding carboxylic acids is 2. The van der Waals surface area contributed by atoms with Crippen LogP contribution in [0.2, 0.25) is 0 Å². The number of fused-ring (bicyclic) bond motifs is 1. The summed E-state index contributed by atoms with van der Waals surface area (Å²) < 4.78 is 0. The molecule has 0 fully saturated rings. The fourth-order valence-electron chi connectivity index (χ4n) is 2.62. The van der Waals surface area contributed by atoms with E-state index in [1.54, 1.807) is 20.8 Å². The van der Waals surface area contributed by atoms with Gasteiger partial charge in [-0.1, -0.05) is 63.2 Å². The van der Waals surface area contributed by atoms with Crippen LogP contribution in [0.3, 0.4) is 0 Å². The Morgan fingerprint density at radius 1 is 1.00 bits per heavy atom. The molecule has 0 spiro atoms. The van der Waals surface area contributed by atoms with E-state index in [0.717, 1.165) is 16.3 Å². The number of nitrogens with one attached hydrogen (secondary N) is 2. The average molecular weight is 370 g/mol. The van der Waals surface area contributed by atoms with Gasteiger partial charge in [-0.2, -0.15) is 0 Å². The van der Waals surface area contributed by atoms with Crippen molar-refractivity contribution in [2.45, 2.75) is 27.2 Å². The molecule has 0 aromatic heterocycles. The summed E-state index contributed by atoms with van der Waals surface area (Å²) >= 11 is 0. The van der Waals surface area contributed by atoms with Crippen molar-refractivity contribution in [3.05, 3.63) is 48.0 Å². The normalized spacial score (nSPS) is 12.4. The lowest BCUT2D eigenvalue weighted by atomic mass is 9.96. The molecular weight excluding hydrogens is 344 g/mol. The Bertz CT molecular complexity index is 839. The van der Waals surface area contributed by atoms with Crippen molar-refractivity contribution in [1.29, 1.82) is 0 Å². The predicted octanol–water partition coefficient (Wildman–Crippen LogP) is 2.36. The molecule has 0 aliphatic carbocycles. The van der Waals surface area contributed by atoms with E-state index in [2.05, 4.69) is 10.6 Å². The average Bonchev–Trinajstić information content (AvgIpc) is 2.61. The van der Waals surface area contributed by atoms with Crippen molar-refractivity contribution in [3.8, 4) is 0 Å². The van der Waals surface area contributed by atoms with Gasteiger partial charge in [-0.05, 0) is 22.8 Å². The Labute approximate surface area is 159 Å². The van der Waals surface area contributed by atoms with Gasteiger partial charge in [-0.25, -0.2) is 0 Å². The van der Waals surface area contributed by atoms with E-state index in [1.165, 1.54) is 0 Å². The van der Waals surface area contributed by atoms with Gasteiger partial charge in [0.15, 0.2) is 0 Å². The van der Waals surface area contributed by atoms with Crippen LogP contribution in [-0.2, 0) is 20.8 Å². The molecule has 0 heterocycles. The smallest absolute Gasteiger partial charge is 0.308 e. The summed E-state index contributed by atoms with van der Waals surface area (Å²) in [4.78, 5) is 35.2. The highest BCUT2D eigenvalue weighted by atomic mass is 16.4. The zero-order valence-corrected chi connectivity index (χ0v) is 15.9. The molecular formula is C21H26N2O4. The summed E-state index contributed by atoms with van der Waals surface area (Å²) in [6.07, 6.45) is 0.314. The Balaban J connectivity index is 1.92. The Morgan fingerprint density at radius 2 is 1.67 bits per heavy atom. The van der Waals surface area contributed by atoms with Crippen LogP contribution in [0.15, 0.2) is 42.5 Å². The highest BCUT2D eigenvalue weighted by Gasteiger charge is 2.22. The molecule has 0 bridgehead atoms. The SMILES string of the molecule is CC(C)(C)C(=O)NCC(=O)NCC(Cc1ccc2ccccc2c1)C(=O)O. The molecule has 1 atom stereocenters. The molecule has 2 amide bonds. The Kier molecular flexibility index (Phi) is 6.55. The van der Waals surface area contributed by atoms with Gasteiger partial charge in [-0.3, -0.25) is 14.4 Å². The Hall–Kier alpha value is -2.89. The Morgan fingerprint density at radius 3 is 2.30 bits per heavy atom. The predicted molar refractivity (Wildman–Crippen MR) is 104 cm³/mol. The number of amides is 2. The first-order valence-corrected chi connectivity index (χ1v) is 8.92. The highest BCUT2D eigenvalue weighted by molar-refractivity contribution is 5.87. The maximum Gasteiger partial charge on any atom is 0.308 e. The van der Waals surface area contributed by atoms with Gasteiger partial charge in [0.05, 0.1) is 12.5 Å². The van der Waals surface area contributed by atoms with Crippen molar-refractivity contribution in [2.24, 2.45) is 11.3 Å². The van der Waals surface area contributed by atoms with Gasteiger partial charge in [0.25, 0.3) is 0 Å². The van der Waals surface area contributed by atoms with E-state index in [-0.39, 0.29) is 19.0 Å². The molecule has 2 rings (SSSR count). The molecule has 27 heavy (non-hydrogen) atoms. The summed E-state index contributed by atoms with van der Waals surface area (Å²) in [5.41, 5.74) is 0.316. The summed E-state index contributed by atoms with van der Waals surface area (Å²) in [7, 11) is 0. The van der Waals surface area contributed by atoms with E-state index in [9.17, 15) is 19.5 Å². The zero-order chi connectivity index (χ0) is 20.0. The zero-order valence-electron chi connectivity index (χ0n) is 15.9. The molecule has 0 aliphatic heterocycles. The number of rotatable bonds is 7. The van der Waals surface area contributed by atoms with Gasteiger partial charge in [-0.15, -0.1) is 0 Å². The lowest BCUT2D eigenvalue weighted by Crippen LogP contribution is -2.43. The molecule has 6 nitrogen and oxygen atoms in total. The third kappa shape index (κ3) is 6.09. The minimum atomic E-state index is -0.970.